The molecule has 1 heteroatoms. The molecule has 0 saturated heterocycles. The molecule has 0 aromatic carbocycles. The lowest BCUT2D eigenvalue weighted by atomic mass is 9.63. The molecule has 0 saturated carbocycles. The summed E-state index contributed by atoms with van der Waals surface area (Å²) in [5.74, 6) is 0.256. The zero-order valence-electron chi connectivity index (χ0n) is 14.8. The first-order valence-electron chi connectivity index (χ1n) is 8.12. The fourth-order valence-electron chi connectivity index (χ4n) is 3.27. The largest absolute Gasteiger partial charge is 0.289 e. The van der Waals surface area contributed by atoms with E-state index in [1.165, 1.54) is 5.57 Å². The predicted molar refractivity (Wildman–Crippen MR) is 90.1 cm³/mol. The van der Waals surface area contributed by atoms with E-state index in [9.17, 15) is 4.79 Å². The summed E-state index contributed by atoms with van der Waals surface area (Å²) in [5, 5.41) is 0. The van der Waals surface area contributed by atoms with Gasteiger partial charge in [0.05, 0.1) is 0 Å². The third-order valence-corrected chi connectivity index (χ3v) is 4.78. The maximum Gasteiger partial charge on any atom is 0.185 e. The Morgan fingerprint density at radius 2 is 1.43 bits per heavy atom. The average Bonchev–Trinajstić information content (AvgIpc) is 2.33. The van der Waals surface area contributed by atoms with E-state index < -0.39 is 0 Å². The highest BCUT2D eigenvalue weighted by Crippen LogP contribution is 2.48. The number of rotatable bonds is 0. The summed E-state index contributed by atoms with van der Waals surface area (Å²) in [7, 11) is 0. The molecule has 0 atom stereocenters. The highest BCUT2D eigenvalue weighted by Gasteiger charge is 2.40. The molecule has 0 heterocycles. The Balaban J connectivity index is 2.56. The van der Waals surface area contributed by atoms with Gasteiger partial charge in [0, 0.05) is 16.6 Å². The van der Waals surface area contributed by atoms with Gasteiger partial charge in [0.15, 0.2) is 5.78 Å². The Hall–Kier alpha value is -1.11. The number of carbonyl (C=O) groups excluding carboxylic acids is 1. The van der Waals surface area contributed by atoms with Gasteiger partial charge in [-0.05, 0) is 37.0 Å². The lowest BCUT2D eigenvalue weighted by molar-refractivity contribution is -0.114. The van der Waals surface area contributed by atoms with Crippen molar-refractivity contribution in [2.45, 2.75) is 67.7 Å². The molecule has 0 aromatic rings. The Labute approximate surface area is 130 Å². The van der Waals surface area contributed by atoms with E-state index in [1.54, 1.807) is 0 Å². The van der Waals surface area contributed by atoms with Crippen LogP contribution in [-0.4, -0.2) is 5.78 Å². The molecular weight excluding hydrogens is 256 g/mol. The molecule has 1 nitrogen and oxygen atoms in total. The van der Waals surface area contributed by atoms with E-state index in [4.69, 9.17) is 0 Å². The van der Waals surface area contributed by atoms with Crippen molar-refractivity contribution in [3.8, 4) is 0 Å². The van der Waals surface area contributed by atoms with E-state index in [2.05, 4.69) is 66.7 Å². The molecule has 2 rings (SSSR count). The van der Waals surface area contributed by atoms with Gasteiger partial charge in [-0.15, -0.1) is 0 Å². The topological polar surface area (TPSA) is 17.1 Å². The van der Waals surface area contributed by atoms with Crippen LogP contribution in [0.25, 0.3) is 0 Å². The third kappa shape index (κ3) is 3.22. The monoisotopic (exact) mass is 286 g/mol. The first kappa shape index (κ1) is 16.3. The molecular formula is C20H30O. The second kappa shape index (κ2) is 4.97. The summed E-state index contributed by atoms with van der Waals surface area (Å²) in [6.07, 6.45) is 10.2. The molecule has 0 fully saturated rings. The van der Waals surface area contributed by atoms with Gasteiger partial charge in [-0.1, -0.05) is 65.3 Å². The zero-order chi connectivity index (χ0) is 16.1. The van der Waals surface area contributed by atoms with Gasteiger partial charge >= 0.3 is 0 Å². The number of Topliss-reactive ketones (excluding diaryl/α,β-unsaturated/α-hetero) is 1. The Morgan fingerprint density at radius 1 is 0.952 bits per heavy atom. The lowest BCUT2D eigenvalue weighted by Gasteiger charge is -2.40. The van der Waals surface area contributed by atoms with Gasteiger partial charge in [-0.3, -0.25) is 4.79 Å². The van der Waals surface area contributed by atoms with Gasteiger partial charge in [0.1, 0.15) is 0 Å². The van der Waals surface area contributed by atoms with Crippen molar-refractivity contribution in [3.05, 3.63) is 34.9 Å². The van der Waals surface area contributed by atoms with Crippen molar-refractivity contribution >= 4 is 5.78 Å². The Morgan fingerprint density at radius 3 is 1.76 bits per heavy atom. The Kier molecular flexibility index (Phi) is 3.85. The lowest BCUT2D eigenvalue weighted by Crippen LogP contribution is -2.34. The molecule has 2 aliphatic carbocycles. The van der Waals surface area contributed by atoms with Crippen LogP contribution >= 0.6 is 0 Å². The minimum atomic E-state index is -0.0922. The summed E-state index contributed by atoms with van der Waals surface area (Å²) >= 11 is 0. The van der Waals surface area contributed by atoms with Crippen molar-refractivity contribution in [3.63, 3.8) is 0 Å². The van der Waals surface area contributed by atoms with Crippen molar-refractivity contribution < 1.29 is 4.79 Å². The highest BCUT2D eigenvalue weighted by atomic mass is 16.1. The van der Waals surface area contributed by atoms with Crippen LogP contribution in [0.3, 0.4) is 0 Å². The maximum absolute atomic E-state index is 13.0. The molecule has 116 valence electrons. The predicted octanol–water partition coefficient (Wildman–Crippen LogP) is 5.63. The quantitative estimate of drug-likeness (QED) is 0.527. The van der Waals surface area contributed by atoms with Gasteiger partial charge < -0.3 is 0 Å². The van der Waals surface area contributed by atoms with Crippen LogP contribution < -0.4 is 0 Å². The number of carbonyl (C=O) groups is 1. The van der Waals surface area contributed by atoms with Crippen LogP contribution in [0.15, 0.2) is 34.9 Å². The number of hydrogen-bond donors (Lipinski definition) is 0. The summed E-state index contributed by atoms with van der Waals surface area (Å²) in [5.41, 5.74) is 3.36. The SMILES string of the molecule is CC1=CCC2(C=C(C(C)(C)C)C(=O)C(C(C)(C)C)=C2)CC1. The number of allylic oxidation sites excluding steroid dienone is 6. The van der Waals surface area contributed by atoms with Crippen LogP contribution in [0.1, 0.15) is 67.7 Å². The summed E-state index contributed by atoms with van der Waals surface area (Å²) < 4.78 is 0. The van der Waals surface area contributed by atoms with Crippen molar-refractivity contribution in [1.29, 1.82) is 0 Å². The van der Waals surface area contributed by atoms with Crippen molar-refractivity contribution in [1.82, 2.24) is 0 Å². The fraction of sp³-hybridized carbons (Fsp3) is 0.650. The van der Waals surface area contributed by atoms with Crippen molar-refractivity contribution in [2.75, 3.05) is 0 Å². The molecule has 1 spiro atoms. The van der Waals surface area contributed by atoms with Crippen LogP contribution in [-0.2, 0) is 4.79 Å². The molecule has 0 aromatic heterocycles. The zero-order valence-corrected chi connectivity index (χ0v) is 14.8. The third-order valence-electron chi connectivity index (χ3n) is 4.78. The molecule has 0 radical (unpaired) electrons. The summed E-state index contributed by atoms with van der Waals surface area (Å²) in [6, 6.07) is 0. The van der Waals surface area contributed by atoms with Crippen LogP contribution in [0.5, 0.6) is 0 Å². The minimum absolute atomic E-state index is 0.0542. The van der Waals surface area contributed by atoms with Crippen LogP contribution in [0, 0.1) is 16.2 Å². The van der Waals surface area contributed by atoms with E-state index in [0.29, 0.717) is 0 Å². The van der Waals surface area contributed by atoms with Gasteiger partial charge in [0.25, 0.3) is 0 Å². The van der Waals surface area contributed by atoms with Gasteiger partial charge in [0.2, 0.25) is 0 Å². The smallest absolute Gasteiger partial charge is 0.185 e. The minimum Gasteiger partial charge on any atom is -0.289 e. The highest BCUT2D eigenvalue weighted by molar-refractivity contribution is 6.11. The summed E-state index contributed by atoms with van der Waals surface area (Å²) in [4.78, 5) is 13.0. The summed E-state index contributed by atoms with van der Waals surface area (Å²) in [6.45, 7) is 15.1. The molecule has 0 bridgehead atoms. The Bertz CT molecular complexity index is 507. The first-order valence-corrected chi connectivity index (χ1v) is 8.12. The van der Waals surface area contributed by atoms with Gasteiger partial charge in [-0.25, -0.2) is 0 Å². The van der Waals surface area contributed by atoms with Crippen molar-refractivity contribution in [2.24, 2.45) is 16.2 Å². The normalized spacial score (nSPS) is 22.8. The molecule has 0 aliphatic heterocycles. The molecule has 2 aliphatic rings. The van der Waals surface area contributed by atoms with E-state index in [0.717, 1.165) is 30.4 Å². The van der Waals surface area contributed by atoms with E-state index in [-0.39, 0.29) is 22.0 Å². The maximum atomic E-state index is 13.0. The standard InChI is InChI=1S/C20H30O/c1-14-8-10-20(11-9-14)12-15(18(2,3)4)17(21)16(13-20)19(5,6)7/h8,12-13H,9-11H2,1-7H3. The average molecular weight is 286 g/mol. The molecule has 21 heavy (non-hydrogen) atoms. The fourth-order valence-corrected chi connectivity index (χ4v) is 3.27. The second-order valence-corrected chi connectivity index (χ2v) is 8.93. The van der Waals surface area contributed by atoms with E-state index >= 15 is 0 Å². The molecule has 0 unspecified atom stereocenters. The van der Waals surface area contributed by atoms with E-state index in [1.807, 2.05) is 0 Å². The van der Waals surface area contributed by atoms with Crippen LogP contribution in [0.2, 0.25) is 0 Å². The molecule has 0 amide bonds. The molecule has 0 N–H and O–H groups in total. The first-order chi connectivity index (χ1) is 9.45. The number of ketones is 1. The number of hydrogen-bond acceptors (Lipinski definition) is 1. The van der Waals surface area contributed by atoms with Crippen LogP contribution in [0.4, 0.5) is 0 Å². The van der Waals surface area contributed by atoms with Gasteiger partial charge in [-0.2, -0.15) is 0 Å². The second-order valence-electron chi connectivity index (χ2n) is 8.93.